The number of fused-ring (bicyclic) bond motifs is 5. The van der Waals surface area contributed by atoms with Gasteiger partial charge in [0.25, 0.3) is 0 Å². The van der Waals surface area contributed by atoms with Gasteiger partial charge in [0.2, 0.25) is 5.91 Å². The van der Waals surface area contributed by atoms with Crippen LogP contribution >= 0.6 is 0 Å². The number of amides is 1. The van der Waals surface area contributed by atoms with Gasteiger partial charge in [-0.15, -0.1) is 6.58 Å². The number of carbonyl (C=O) groups excluding carboxylic acids is 1. The number of nitrogens with one attached hydrogen (secondary N) is 1. The second-order valence-electron chi connectivity index (χ2n) is 8.40. The van der Waals surface area contributed by atoms with E-state index in [1.165, 1.54) is 0 Å². The van der Waals surface area contributed by atoms with E-state index >= 15 is 0 Å². The molecule has 4 nitrogen and oxygen atoms in total. The lowest BCUT2D eigenvalue weighted by molar-refractivity contribution is -0.153. The summed E-state index contributed by atoms with van der Waals surface area (Å²) in [6.07, 6.45) is 3.17. The van der Waals surface area contributed by atoms with Crippen molar-refractivity contribution >= 4 is 11.6 Å². The maximum absolute atomic E-state index is 13.4. The molecule has 0 aromatic heterocycles. The van der Waals surface area contributed by atoms with Gasteiger partial charge in [0.05, 0.1) is 12.7 Å². The first-order chi connectivity index (χ1) is 11.6. The van der Waals surface area contributed by atoms with Crippen molar-refractivity contribution in [2.75, 3.05) is 25.5 Å². The van der Waals surface area contributed by atoms with E-state index in [9.17, 15) is 4.79 Å². The van der Waals surface area contributed by atoms with E-state index in [1.807, 2.05) is 12.1 Å². The van der Waals surface area contributed by atoms with Crippen LogP contribution in [0.2, 0.25) is 0 Å². The molecule has 24 heavy (non-hydrogen) atoms. The van der Waals surface area contributed by atoms with E-state index in [0.29, 0.717) is 17.9 Å². The molecule has 3 aliphatic heterocycles. The fraction of sp³-hybridized carbons (Fsp3) is 0.550. The Labute approximate surface area is 141 Å². The van der Waals surface area contributed by atoms with Gasteiger partial charge in [-0.3, -0.25) is 4.79 Å². The molecule has 5 unspecified atom stereocenters. The maximum Gasteiger partial charge on any atom is 0.238 e. The number of rotatable bonds is 1. The van der Waals surface area contributed by atoms with E-state index in [4.69, 9.17) is 4.74 Å². The number of anilines is 1. The van der Waals surface area contributed by atoms with Gasteiger partial charge in [-0.1, -0.05) is 24.3 Å². The highest BCUT2D eigenvalue weighted by Crippen LogP contribution is 2.73. The van der Waals surface area contributed by atoms with Crippen LogP contribution in [-0.2, 0) is 14.9 Å². The van der Waals surface area contributed by atoms with Gasteiger partial charge in [0, 0.05) is 35.5 Å². The summed E-state index contributed by atoms with van der Waals surface area (Å²) in [5.74, 6) is 1.56. The largest absolute Gasteiger partial charge is 0.376 e. The lowest BCUT2D eigenvalue weighted by atomic mass is 9.51. The quantitative estimate of drug-likeness (QED) is 0.805. The summed E-state index contributed by atoms with van der Waals surface area (Å²) in [4.78, 5) is 15.9. The highest BCUT2D eigenvalue weighted by Gasteiger charge is 2.79. The topological polar surface area (TPSA) is 41.6 Å². The fourth-order valence-electron chi connectivity index (χ4n) is 7.38. The molecule has 124 valence electrons. The Kier molecular flexibility index (Phi) is 2.24. The summed E-state index contributed by atoms with van der Waals surface area (Å²) in [5.41, 5.74) is 1.61. The average molecular weight is 322 g/mol. The van der Waals surface area contributed by atoms with Gasteiger partial charge in [-0.05, 0) is 31.0 Å². The van der Waals surface area contributed by atoms with Gasteiger partial charge in [-0.25, -0.2) is 0 Å². The van der Waals surface area contributed by atoms with Gasteiger partial charge < -0.3 is 15.0 Å². The van der Waals surface area contributed by atoms with Crippen molar-refractivity contribution in [3.8, 4) is 0 Å². The molecule has 2 saturated carbocycles. The molecule has 0 radical (unpaired) electrons. The van der Waals surface area contributed by atoms with Gasteiger partial charge >= 0.3 is 0 Å². The van der Waals surface area contributed by atoms with Crippen molar-refractivity contribution in [3.63, 3.8) is 0 Å². The predicted molar refractivity (Wildman–Crippen MR) is 90.6 cm³/mol. The van der Waals surface area contributed by atoms with E-state index in [2.05, 4.69) is 42.1 Å². The van der Waals surface area contributed by atoms with Gasteiger partial charge in [-0.2, -0.15) is 0 Å². The van der Waals surface area contributed by atoms with E-state index in [-0.39, 0.29) is 23.3 Å². The molecule has 6 rings (SSSR count). The summed E-state index contributed by atoms with van der Waals surface area (Å²) in [6, 6.07) is 8.64. The maximum atomic E-state index is 13.4. The molecule has 1 aromatic rings. The fourth-order valence-corrected chi connectivity index (χ4v) is 7.38. The Balaban J connectivity index is 1.69. The molecule has 1 amide bonds. The van der Waals surface area contributed by atoms with Gasteiger partial charge in [0.15, 0.2) is 0 Å². The van der Waals surface area contributed by atoms with Crippen LogP contribution < -0.4 is 5.32 Å². The van der Waals surface area contributed by atoms with Crippen molar-refractivity contribution in [2.45, 2.75) is 24.0 Å². The zero-order chi connectivity index (χ0) is 16.3. The van der Waals surface area contributed by atoms with E-state index < -0.39 is 5.41 Å². The first-order valence-electron chi connectivity index (χ1n) is 9.01. The molecule has 4 fully saturated rings. The third-order valence-electron chi connectivity index (χ3n) is 7.93. The summed E-state index contributed by atoms with van der Waals surface area (Å²) in [7, 11) is 2.21. The Bertz CT molecular complexity index is 792. The molecule has 1 aromatic carbocycles. The standard InChI is InChI=1S/C20H22N2O2/c1-3-19-10-22(2)16-11-9-24-15(8-13(11)19)20(17(16)19)12-6-4-5-7-14(12)21-18(20)23/h3-7,11,13,15-17H,1,8-10H2,2H3,(H,21,23)/t11?,13?,15?,16?,17?,19-,20-/m0/s1. The van der Waals surface area contributed by atoms with Crippen LogP contribution in [0, 0.1) is 23.2 Å². The monoisotopic (exact) mass is 322 g/mol. The third kappa shape index (κ3) is 1.12. The van der Waals surface area contributed by atoms with Crippen LogP contribution in [-0.4, -0.2) is 43.2 Å². The summed E-state index contributed by atoms with van der Waals surface area (Å²) < 4.78 is 6.34. The molecule has 4 heteroatoms. The second-order valence-corrected chi connectivity index (χ2v) is 8.40. The number of hydrogen-bond acceptors (Lipinski definition) is 3. The first kappa shape index (κ1) is 13.6. The molecule has 5 bridgehead atoms. The van der Waals surface area contributed by atoms with Crippen LogP contribution in [0.5, 0.6) is 0 Å². The van der Waals surface area contributed by atoms with Crippen LogP contribution in [0.25, 0.3) is 0 Å². The minimum Gasteiger partial charge on any atom is -0.376 e. The Morgan fingerprint density at radius 3 is 3.08 bits per heavy atom. The zero-order valence-electron chi connectivity index (χ0n) is 13.9. The lowest BCUT2D eigenvalue weighted by Gasteiger charge is -2.54. The first-order valence-corrected chi connectivity index (χ1v) is 9.01. The minimum atomic E-state index is -0.554. The summed E-state index contributed by atoms with van der Waals surface area (Å²) >= 11 is 0. The molecular formula is C20H22N2O2. The van der Waals surface area contributed by atoms with Crippen molar-refractivity contribution in [1.82, 2.24) is 4.90 Å². The SMILES string of the molecule is C=C[C@]12CN(C)C3C4COC(CC41)[C@]1(C(=O)Nc4ccccc41)C32. The Morgan fingerprint density at radius 1 is 1.42 bits per heavy atom. The summed E-state index contributed by atoms with van der Waals surface area (Å²) in [5, 5.41) is 3.18. The molecule has 2 saturated heterocycles. The number of para-hydroxylation sites is 1. The van der Waals surface area contributed by atoms with Crippen molar-refractivity contribution in [1.29, 1.82) is 0 Å². The van der Waals surface area contributed by atoms with Crippen LogP contribution in [0.4, 0.5) is 5.69 Å². The minimum absolute atomic E-state index is 0.00280. The van der Waals surface area contributed by atoms with Crippen LogP contribution in [0.1, 0.15) is 12.0 Å². The van der Waals surface area contributed by atoms with Crippen LogP contribution in [0.3, 0.4) is 0 Å². The molecule has 3 heterocycles. The predicted octanol–water partition coefficient (Wildman–Crippen LogP) is 2.03. The molecule has 1 N–H and O–H groups in total. The normalized spacial score (nSPS) is 50.4. The number of ether oxygens (including phenoxy) is 1. The number of nitrogens with zero attached hydrogens (tertiary/aromatic N) is 1. The van der Waals surface area contributed by atoms with Crippen LogP contribution in [0.15, 0.2) is 36.9 Å². The highest BCUT2D eigenvalue weighted by molar-refractivity contribution is 6.07. The molecule has 2 aliphatic carbocycles. The van der Waals surface area contributed by atoms with Crippen molar-refractivity contribution < 1.29 is 9.53 Å². The van der Waals surface area contributed by atoms with E-state index in [0.717, 1.165) is 30.8 Å². The van der Waals surface area contributed by atoms with E-state index in [1.54, 1.807) is 0 Å². The number of likely N-dealkylation sites (tertiary alicyclic amines) is 1. The van der Waals surface area contributed by atoms with Gasteiger partial charge in [0.1, 0.15) is 5.41 Å². The average Bonchev–Trinajstić information content (AvgIpc) is 3.08. The molecule has 1 spiro atoms. The summed E-state index contributed by atoms with van der Waals surface area (Å²) in [6.45, 7) is 6.06. The Morgan fingerprint density at radius 2 is 2.25 bits per heavy atom. The second kappa shape index (κ2) is 3.94. The zero-order valence-corrected chi connectivity index (χ0v) is 13.9. The lowest BCUT2D eigenvalue weighted by Crippen LogP contribution is -2.62. The number of carbonyl (C=O) groups is 1. The van der Waals surface area contributed by atoms with Crippen molar-refractivity contribution in [3.05, 3.63) is 42.5 Å². The molecular weight excluding hydrogens is 300 g/mol. The Hall–Kier alpha value is -1.65. The highest BCUT2D eigenvalue weighted by atomic mass is 16.5. The smallest absolute Gasteiger partial charge is 0.238 e. The molecule has 5 aliphatic rings. The molecule has 7 atom stereocenters. The number of benzene rings is 1. The number of piperidine rings is 1. The number of hydrogen-bond donors (Lipinski definition) is 1. The van der Waals surface area contributed by atoms with Crippen molar-refractivity contribution in [2.24, 2.45) is 23.2 Å². The third-order valence-corrected chi connectivity index (χ3v) is 7.93.